The SMILES string of the molecule is Cl.Cn1ncnc1CN1CC(N)Cc2ccccc21. The van der Waals surface area contributed by atoms with E-state index in [2.05, 4.69) is 39.2 Å². The van der Waals surface area contributed by atoms with E-state index in [1.165, 1.54) is 11.3 Å². The first kappa shape index (κ1) is 13.8. The summed E-state index contributed by atoms with van der Waals surface area (Å²) < 4.78 is 1.81. The van der Waals surface area contributed by atoms with Gasteiger partial charge in [-0.1, -0.05) is 18.2 Å². The van der Waals surface area contributed by atoms with Crippen LogP contribution in [-0.2, 0) is 20.0 Å². The van der Waals surface area contributed by atoms with Crippen LogP contribution < -0.4 is 10.6 Å². The molecule has 0 aliphatic carbocycles. The monoisotopic (exact) mass is 279 g/mol. The summed E-state index contributed by atoms with van der Waals surface area (Å²) in [5.74, 6) is 0.957. The Balaban J connectivity index is 0.00000133. The maximum Gasteiger partial charge on any atom is 0.146 e. The lowest BCUT2D eigenvalue weighted by atomic mass is 9.98. The van der Waals surface area contributed by atoms with Gasteiger partial charge in [0.2, 0.25) is 0 Å². The molecule has 6 heteroatoms. The fraction of sp³-hybridized carbons (Fsp3) is 0.385. The maximum absolute atomic E-state index is 6.12. The fourth-order valence-electron chi connectivity index (χ4n) is 2.50. The van der Waals surface area contributed by atoms with Gasteiger partial charge < -0.3 is 10.6 Å². The van der Waals surface area contributed by atoms with Crippen LogP contribution in [0.15, 0.2) is 30.6 Å². The second-order valence-corrected chi connectivity index (χ2v) is 4.77. The molecule has 1 aromatic carbocycles. The quantitative estimate of drug-likeness (QED) is 0.895. The molecule has 19 heavy (non-hydrogen) atoms. The van der Waals surface area contributed by atoms with Gasteiger partial charge in [-0.05, 0) is 18.1 Å². The normalized spacial score (nSPS) is 17.8. The second kappa shape index (κ2) is 5.59. The van der Waals surface area contributed by atoms with Gasteiger partial charge in [-0.25, -0.2) is 4.98 Å². The lowest BCUT2D eigenvalue weighted by Crippen LogP contribution is -2.43. The van der Waals surface area contributed by atoms with Crippen molar-refractivity contribution in [2.75, 3.05) is 11.4 Å². The van der Waals surface area contributed by atoms with E-state index in [0.29, 0.717) is 0 Å². The molecule has 0 saturated carbocycles. The third-order valence-electron chi connectivity index (χ3n) is 3.41. The van der Waals surface area contributed by atoms with Crippen molar-refractivity contribution in [1.29, 1.82) is 0 Å². The Morgan fingerprint density at radius 2 is 2.16 bits per heavy atom. The van der Waals surface area contributed by atoms with E-state index in [-0.39, 0.29) is 18.4 Å². The number of fused-ring (bicyclic) bond motifs is 1. The molecular formula is C13H18ClN5. The Morgan fingerprint density at radius 3 is 2.89 bits per heavy atom. The van der Waals surface area contributed by atoms with Crippen LogP contribution >= 0.6 is 12.4 Å². The summed E-state index contributed by atoms with van der Waals surface area (Å²) in [7, 11) is 1.91. The van der Waals surface area contributed by atoms with Gasteiger partial charge in [0, 0.05) is 25.3 Å². The Labute approximate surface area is 118 Å². The Kier molecular flexibility index (Phi) is 4.07. The van der Waals surface area contributed by atoms with E-state index in [1.807, 2.05) is 11.7 Å². The van der Waals surface area contributed by atoms with Crippen molar-refractivity contribution in [3.05, 3.63) is 42.0 Å². The van der Waals surface area contributed by atoms with Crippen molar-refractivity contribution in [2.45, 2.75) is 19.0 Å². The minimum Gasteiger partial charge on any atom is -0.362 e. The Morgan fingerprint density at radius 1 is 1.37 bits per heavy atom. The molecule has 0 saturated heterocycles. The van der Waals surface area contributed by atoms with Crippen LogP contribution in [0.1, 0.15) is 11.4 Å². The number of nitrogens with two attached hydrogens (primary N) is 1. The van der Waals surface area contributed by atoms with Crippen molar-refractivity contribution in [1.82, 2.24) is 14.8 Å². The van der Waals surface area contributed by atoms with Crippen LogP contribution in [0.5, 0.6) is 0 Å². The molecule has 2 heterocycles. The maximum atomic E-state index is 6.12. The molecule has 0 radical (unpaired) electrons. The first-order chi connectivity index (χ1) is 8.74. The molecule has 2 N–H and O–H groups in total. The number of nitrogens with zero attached hydrogens (tertiary/aromatic N) is 4. The molecule has 0 bridgehead atoms. The van der Waals surface area contributed by atoms with Gasteiger partial charge >= 0.3 is 0 Å². The molecule has 5 nitrogen and oxygen atoms in total. The van der Waals surface area contributed by atoms with Gasteiger partial charge in [-0.15, -0.1) is 12.4 Å². The Hall–Kier alpha value is -1.59. The van der Waals surface area contributed by atoms with Gasteiger partial charge in [-0.3, -0.25) is 4.68 Å². The predicted octanol–water partition coefficient (Wildman–Crippen LogP) is 1.13. The standard InChI is InChI=1S/C13H17N5.ClH/c1-17-13(15-9-16-17)8-18-7-11(14)6-10-4-2-3-5-12(10)18;/h2-5,9,11H,6-8,14H2,1H3;1H. The van der Waals surface area contributed by atoms with Gasteiger partial charge in [0.05, 0.1) is 6.54 Å². The van der Waals surface area contributed by atoms with Crippen molar-refractivity contribution >= 4 is 18.1 Å². The summed E-state index contributed by atoms with van der Waals surface area (Å²) in [4.78, 5) is 6.56. The molecule has 1 aliphatic rings. The number of anilines is 1. The second-order valence-electron chi connectivity index (χ2n) is 4.77. The molecule has 102 valence electrons. The van der Waals surface area contributed by atoms with Crippen molar-refractivity contribution in [3.8, 4) is 0 Å². The summed E-state index contributed by atoms with van der Waals surface area (Å²) >= 11 is 0. The molecule has 1 aromatic heterocycles. The molecule has 0 amide bonds. The zero-order valence-corrected chi connectivity index (χ0v) is 11.7. The first-order valence-electron chi connectivity index (χ1n) is 6.15. The van der Waals surface area contributed by atoms with E-state index in [0.717, 1.165) is 25.3 Å². The minimum atomic E-state index is 0. The molecule has 1 atom stereocenters. The van der Waals surface area contributed by atoms with Crippen molar-refractivity contribution in [2.24, 2.45) is 12.8 Å². The molecule has 1 unspecified atom stereocenters. The van der Waals surface area contributed by atoms with Crippen LogP contribution in [0.4, 0.5) is 5.69 Å². The third kappa shape index (κ3) is 2.72. The number of rotatable bonds is 2. The highest BCUT2D eigenvalue weighted by Gasteiger charge is 2.22. The van der Waals surface area contributed by atoms with Gasteiger partial charge in [0.15, 0.2) is 0 Å². The van der Waals surface area contributed by atoms with Gasteiger partial charge in [-0.2, -0.15) is 5.10 Å². The number of benzene rings is 1. The first-order valence-corrected chi connectivity index (χ1v) is 6.15. The smallest absolute Gasteiger partial charge is 0.146 e. The van der Waals surface area contributed by atoms with Crippen LogP contribution in [-0.4, -0.2) is 27.4 Å². The zero-order chi connectivity index (χ0) is 12.5. The largest absolute Gasteiger partial charge is 0.362 e. The highest BCUT2D eigenvalue weighted by Crippen LogP contribution is 2.27. The minimum absolute atomic E-state index is 0. The number of aryl methyl sites for hydroxylation is 1. The fourth-order valence-corrected chi connectivity index (χ4v) is 2.50. The highest BCUT2D eigenvalue weighted by molar-refractivity contribution is 5.85. The highest BCUT2D eigenvalue weighted by atomic mass is 35.5. The zero-order valence-electron chi connectivity index (χ0n) is 10.9. The molecule has 0 fully saturated rings. The van der Waals surface area contributed by atoms with Gasteiger partial charge in [0.1, 0.15) is 12.2 Å². The van der Waals surface area contributed by atoms with Crippen molar-refractivity contribution in [3.63, 3.8) is 0 Å². The number of hydrogen-bond acceptors (Lipinski definition) is 4. The summed E-state index contributed by atoms with van der Waals surface area (Å²) in [5.41, 5.74) is 8.71. The van der Waals surface area contributed by atoms with E-state index in [4.69, 9.17) is 5.73 Å². The molecule has 0 spiro atoms. The van der Waals surface area contributed by atoms with E-state index in [1.54, 1.807) is 6.33 Å². The van der Waals surface area contributed by atoms with Crippen molar-refractivity contribution < 1.29 is 0 Å². The molecular weight excluding hydrogens is 262 g/mol. The van der Waals surface area contributed by atoms with Crippen LogP contribution in [0.3, 0.4) is 0 Å². The number of aromatic nitrogens is 3. The lowest BCUT2D eigenvalue weighted by molar-refractivity contribution is 0.578. The van der Waals surface area contributed by atoms with Crippen LogP contribution in [0.2, 0.25) is 0 Å². The van der Waals surface area contributed by atoms with E-state index < -0.39 is 0 Å². The molecule has 1 aliphatic heterocycles. The summed E-state index contributed by atoms with van der Waals surface area (Å²) in [6.45, 7) is 1.62. The summed E-state index contributed by atoms with van der Waals surface area (Å²) in [5, 5.41) is 4.10. The van der Waals surface area contributed by atoms with E-state index in [9.17, 15) is 0 Å². The van der Waals surface area contributed by atoms with Crippen LogP contribution in [0, 0.1) is 0 Å². The average molecular weight is 280 g/mol. The Bertz CT molecular complexity index is 553. The summed E-state index contributed by atoms with van der Waals surface area (Å²) in [6.07, 6.45) is 2.54. The van der Waals surface area contributed by atoms with Crippen LogP contribution in [0.25, 0.3) is 0 Å². The topological polar surface area (TPSA) is 60.0 Å². The number of halogens is 1. The van der Waals surface area contributed by atoms with Gasteiger partial charge in [0.25, 0.3) is 0 Å². The molecule has 3 rings (SSSR count). The number of para-hydroxylation sites is 1. The van der Waals surface area contributed by atoms with E-state index >= 15 is 0 Å². The number of hydrogen-bond donors (Lipinski definition) is 1. The summed E-state index contributed by atoms with van der Waals surface area (Å²) in [6, 6.07) is 8.62. The molecule has 2 aromatic rings. The lowest BCUT2D eigenvalue weighted by Gasteiger charge is -2.34. The third-order valence-corrected chi connectivity index (χ3v) is 3.41. The average Bonchev–Trinajstić information content (AvgIpc) is 2.75. The predicted molar refractivity (Wildman–Crippen MR) is 77.4 cm³/mol.